The number of carbonyl (C=O) groups is 2. The quantitative estimate of drug-likeness (QED) is 0.512. The zero-order valence-corrected chi connectivity index (χ0v) is 15.5. The third-order valence-electron chi connectivity index (χ3n) is 3.35. The highest BCUT2D eigenvalue weighted by Gasteiger charge is 2.32. The second-order valence-corrected chi connectivity index (χ2v) is 6.43. The molecule has 0 aliphatic heterocycles. The van der Waals surface area contributed by atoms with Crippen molar-refractivity contribution < 1.29 is 18.8 Å². The fraction of sp³-hybridized carbons (Fsp3) is 0.688. The van der Waals surface area contributed by atoms with Gasteiger partial charge in [0.25, 0.3) is 0 Å². The predicted octanol–water partition coefficient (Wildman–Crippen LogP) is 2.44. The summed E-state index contributed by atoms with van der Waals surface area (Å²) in [6.45, 7) is 8.66. The molecule has 7 nitrogen and oxygen atoms in total. The first kappa shape index (κ1) is 20.4. The van der Waals surface area contributed by atoms with Gasteiger partial charge in [-0.25, -0.2) is 0 Å². The van der Waals surface area contributed by atoms with E-state index in [0.717, 1.165) is 0 Å². The molecule has 0 fully saturated rings. The van der Waals surface area contributed by atoms with Gasteiger partial charge in [-0.1, -0.05) is 5.16 Å². The molecule has 0 saturated heterocycles. The van der Waals surface area contributed by atoms with Gasteiger partial charge in [-0.3, -0.25) is 9.59 Å². The Bertz CT molecular complexity index is 545. The van der Waals surface area contributed by atoms with Crippen molar-refractivity contribution in [1.82, 2.24) is 10.1 Å². The van der Waals surface area contributed by atoms with E-state index in [1.54, 1.807) is 26.8 Å². The van der Waals surface area contributed by atoms with Crippen molar-refractivity contribution in [1.29, 1.82) is 0 Å². The molecule has 0 atom stereocenters. The Morgan fingerprint density at radius 3 is 2.71 bits per heavy atom. The number of aryl methyl sites for hydroxylation is 1. The van der Waals surface area contributed by atoms with Gasteiger partial charge in [0, 0.05) is 31.7 Å². The molecule has 0 bridgehead atoms. The summed E-state index contributed by atoms with van der Waals surface area (Å²) in [5, 5.41) is 6.33. The molecule has 1 aromatic rings. The topological polar surface area (TPSA) is 84.7 Å². The van der Waals surface area contributed by atoms with Crippen LogP contribution in [0.3, 0.4) is 0 Å². The molecule has 0 aliphatic carbocycles. The van der Waals surface area contributed by atoms with Gasteiger partial charge in [0.2, 0.25) is 11.8 Å². The summed E-state index contributed by atoms with van der Waals surface area (Å²) >= 11 is 5.89. The second-order valence-electron chi connectivity index (χ2n) is 6.17. The first-order valence-corrected chi connectivity index (χ1v) is 8.50. The van der Waals surface area contributed by atoms with Gasteiger partial charge in [0.15, 0.2) is 5.82 Å². The Kier molecular flexibility index (Phi) is 8.21. The molecular weight excluding hydrogens is 334 g/mol. The van der Waals surface area contributed by atoms with Crippen LogP contribution in [0.5, 0.6) is 0 Å². The van der Waals surface area contributed by atoms with Gasteiger partial charge in [-0.15, -0.1) is 11.6 Å². The Labute approximate surface area is 147 Å². The van der Waals surface area contributed by atoms with Gasteiger partial charge in [-0.2, -0.15) is 0 Å². The third kappa shape index (κ3) is 6.49. The van der Waals surface area contributed by atoms with Crippen molar-refractivity contribution in [2.75, 3.05) is 37.5 Å². The maximum absolute atomic E-state index is 12.6. The normalized spacial score (nSPS) is 11.4. The lowest BCUT2D eigenvalue weighted by atomic mass is 9.94. The van der Waals surface area contributed by atoms with Gasteiger partial charge < -0.3 is 19.5 Å². The van der Waals surface area contributed by atoms with Crippen molar-refractivity contribution in [3.05, 3.63) is 11.8 Å². The van der Waals surface area contributed by atoms with E-state index in [9.17, 15) is 9.59 Å². The van der Waals surface area contributed by atoms with E-state index in [1.165, 1.54) is 4.90 Å². The number of nitrogens with zero attached hydrogens (tertiary/aromatic N) is 2. The summed E-state index contributed by atoms with van der Waals surface area (Å²) in [5.74, 6) is 0.602. The SMILES string of the molecule is CCOCCCN(CC(=O)Nc1cc(C)on1)C(=O)C(C)(C)CCl. The average Bonchev–Trinajstić information content (AvgIpc) is 2.94. The van der Waals surface area contributed by atoms with Crippen molar-refractivity contribution >= 4 is 29.2 Å². The van der Waals surface area contributed by atoms with Crippen LogP contribution in [0.4, 0.5) is 5.82 Å². The van der Waals surface area contributed by atoms with E-state index in [-0.39, 0.29) is 24.2 Å². The number of aromatic nitrogens is 1. The molecule has 0 unspecified atom stereocenters. The zero-order chi connectivity index (χ0) is 18.2. The smallest absolute Gasteiger partial charge is 0.245 e. The van der Waals surface area contributed by atoms with E-state index in [4.69, 9.17) is 20.9 Å². The highest BCUT2D eigenvalue weighted by atomic mass is 35.5. The standard InChI is InChI=1S/C16H26ClN3O4/c1-5-23-8-6-7-20(15(22)16(3,4)11-17)10-14(21)18-13-9-12(2)24-19-13/h9H,5-8,10-11H2,1-4H3,(H,18,19,21). The van der Waals surface area contributed by atoms with Crippen molar-refractivity contribution in [3.63, 3.8) is 0 Å². The molecule has 1 N–H and O–H groups in total. The van der Waals surface area contributed by atoms with E-state index in [1.807, 2.05) is 6.92 Å². The molecule has 2 amide bonds. The van der Waals surface area contributed by atoms with E-state index in [0.29, 0.717) is 37.8 Å². The summed E-state index contributed by atoms with van der Waals surface area (Å²) in [6, 6.07) is 1.61. The fourth-order valence-corrected chi connectivity index (χ4v) is 2.13. The number of alkyl halides is 1. The van der Waals surface area contributed by atoms with Crippen molar-refractivity contribution in [2.24, 2.45) is 5.41 Å². The van der Waals surface area contributed by atoms with Crippen LogP contribution in [0.15, 0.2) is 10.6 Å². The first-order chi connectivity index (χ1) is 11.3. The van der Waals surface area contributed by atoms with E-state index < -0.39 is 5.41 Å². The molecule has 0 aliphatic rings. The highest BCUT2D eigenvalue weighted by Crippen LogP contribution is 2.21. The third-order valence-corrected chi connectivity index (χ3v) is 4.02. The summed E-state index contributed by atoms with van der Waals surface area (Å²) in [5.41, 5.74) is -0.738. The van der Waals surface area contributed by atoms with Gasteiger partial charge in [0.1, 0.15) is 5.76 Å². The molecule has 0 saturated carbocycles. The number of amides is 2. The van der Waals surface area contributed by atoms with Crippen molar-refractivity contribution in [2.45, 2.75) is 34.1 Å². The second kappa shape index (κ2) is 9.64. The van der Waals surface area contributed by atoms with Crippen LogP contribution in [0.25, 0.3) is 0 Å². The minimum atomic E-state index is -0.738. The van der Waals surface area contributed by atoms with E-state index >= 15 is 0 Å². The molecule has 24 heavy (non-hydrogen) atoms. The molecular formula is C16H26ClN3O4. The lowest BCUT2D eigenvalue weighted by molar-refractivity contribution is -0.141. The zero-order valence-electron chi connectivity index (χ0n) is 14.7. The number of carbonyl (C=O) groups excluding carboxylic acids is 2. The monoisotopic (exact) mass is 359 g/mol. The first-order valence-electron chi connectivity index (χ1n) is 7.96. The number of hydrogen-bond donors (Lipinski definition) is 1. The Hall–Kier alpha value is -1.60. The van der Waals surface area contributed by atoms with Gasteiger partial charge >= 0.3 is 0 Å². The van der Waals surface area contributed by atoms with Crippen LogP contribution >= 0.6 is 11.6 Å². The number of anilines is 1. The maximum atomic E-state index is 12.6. The fourth-order valence-electron chi connectivity index (χ4n) is 2.02. The molecule has 1 heterocycles. The van der Waals surface area contributed by atoms with Crippen LogP contribution in [0.1, 0.15) is 33.0 Å². The van der Waals surface area contributed by atoms with Crippen LogP contribution in [-0.4, -0.2) is 54.1 Å². The van der Waals surface area contributed by atoms with Crippen LogP contribution in [-0.2, 0) is 14.3 Å². The minimum absolute atomic E-state index is 0.0722. The molecule has 0 radical (unpaired) electrons. The lowest BCUT2D eigenvalue weighted by Gasteiger charge is -2.30. The van der Waals surface area contributed by atoms with Gasteiger partial charge in [-0.05, 0) is 34.1 Å². The largest absolute Gasteiger partial charge is 0.382 e. The van der Waals surface area contributed by atoms with E-state index in [2.05, 4.69) is 10.5 Å². The predicted molar refractivity (Wildman–Crippen MR) is 92.1 cm³/mol. The van der Waals surface area contributed by atoms with Crippen LogP contribution < -0.4 is 5.32 Å². The summed E-state index contributed by atoms with van der Waals surface area (Å²) in [7, 11) is 0. The maximum Gasteiger partial charge on any atom is 0.245 e. The van der Waals surface area contributed by atoms with Crippen LogP contribution in [0, 0.1) is 12.3 Å². The number of hydrogen-bond acceptors (Lipinski definition) is 5. The number of ether oxygens (including phenoxy) is 1. The Morgan fingerprint density at radius 2 is 2.17 bits per heavy atom. The molecule has 0 aromatic carbocycles. The number of rotatable bonds is 10. The average molecular weight is 360 g/mol. The molecule has 1 rings (SSSR count). The minimum Gasteiger partial charge on any atom is -0.382 e. The van der Waals surface area contributed by atoms with Gasteiger partial charge in [0.05, 0.1) is 12.0 Å². The molecule has 1 aromatic heterocycles. The summed E-state index contributed by atoms with van der Waals surface area (Å²) in [6.07, 6.45) is 0.647. The molecule has 8 heteroatoms. The summed E-state index contributed by atoms with van der Waals surface area (Å²) in [4.78, 5) is 26.3. The molecule has 0 spiro atoms. The number of nitrogens with one attached hydrogen (secondary N) is 1. The Morgan fingerprint density at radius 1 is 1.46 bits per heavy atom. The highest BCUT2D eigenvalue weighted by molar-refractivity contribution is 6.19. The molecule has 136 valence electrons. The summed E-state index contributed by atoms with van der Waals surface area (Å²) < 4.78 is 10.2. The Balaban J connectivity index is 2.68. The number of halogens is 1. The van der Waals surface area contributed by atoms with Crippen LogP contribution in [0.2, 0.25) is 0 Å². The van der Waals surface area contributed by atoms with Crippen molar-refractivity contribution in [3.8, 4) is 0 Å². The lowest BCUT2D eigenvalue weighted by Crippen LogP contribution is -2.46.